The Morgan fingerprint density at radius 1 is 1.24 bits per heavy atom. The number of hydrogen-bond donors (Lipinski definition) is 1. The molecule has 0 saturated heterocycles. The standard InChI is InChI=1S/C23H22F3N3O4/c1-4-31-23(30)19-10-32-17-9-16-15(8-18(17)33-19)22(29-12(3)28-16)27-11(2)13-6-5-7-14(20(13)24)21(25)26/h5-9,11,19,21H,4,10H2,1-3H3,(H,27,28,29)/t11-,19?/m1/s1. The third-order valence-electron chi connectivity index (χ3n) is 5.20. The first kappa shape index (κ1) is 22.6. The van der Waals surface area contributed by atoms with Gasteiger partial charge in [-0.3, -0.25) is 0 Å². The van der Waals surface area contributed by atoms with E-state index in [1.165, 1.54) is 12.1 Å². The highest BCUT2D eigenvalue weighted by Crippen LogP contribution is 2.38. The van der Waals surface area contributed by atoms with Gasteiger partial charge in [0.15, 0.2) is 11.5 Å². The van der Waals surface area contributed by atoms with Crippen LogP contribution < -0.4 is 14.8 Å². The largest absolute Gasteiger partial charge is 0.485 e. The Balaban J connectivity index is 1.69. The first-order valence-electron chi connectivity index (χ1n) is 10.4. The van der Waals surface area contributed by atoms with Gasteiger partial charge in [0, 0.05) is 17.0 Å². The Bertz CT molecular complexity index is 1210. The molecule has 1 unspecified atom stereocenters. The summed E-state index contributed by atoms with van der Waals surface area (Å²) in [6, 6.07) is 6.49. The molecular formula is C23H22F3N3O4. The van der Waals surface area contributed by atoms with E-state index in [4.69, 9.17) is 14.2 Å². The molecule has 2 atom stereocenters. The van der Waals surface area contributed by atoms with E-state index >= 15 is 0 Å². The highest BCUT2D eigenvalue weighted by Gasteiger charge is 2.30. The number of esters is 1. The number of benzene rings is 2. The highest BCUT2D eigenvalue weighted by molar-refractivity contribution is 5.92. The lowest BCUT2D eigenvalue weighted by molar-refractivity contribution is -0.153. The van der Waals surface area contributed by atoms with E-state index in [1.54, 1.807) is 32.9 Å². The maximum Gasteiger partial charge on any atom is 0.350 e. The molecule has 1 aromatic heterocycles. The fourth-order valence-corrected chi connectivity index (χ4v) is 3.63. The van der Waals surface area contributed by atoms with E-state index in [2.05, 4.69) is 15.3 Å². The molecule has 4 rings (SSSR count). The van der Waals surface area contributed by atoms with Crippen molar-refractivity contribution in [2.24, 2.45) is 0 Å². The Labute approximate surface area is 187 Å². The van der Waals surface area contributed by atoms with Crippen LogP contribution in [0.2, 0.25) is 0 Å². The number of rotatable bonds is 6. The molecule has 10 heteroatoms. The second-order valence-corrected chi connectivity index (χ2v) is 7.52. The van der Waals surface area contributed by atoms with Gasteiger partial charge in [0.25, 0.3) is 6.43 Å². The molecule has 0 bridgehead atoms. The second kappa shape index (κ2) is 9.13. The Morgan fingerprint density at radius 3 is 2.73 bits per heavy atom. The lowest BCUT2D eigenvalue weighted by Crippen LogP contribution is -2.37. The summed E-state index contributed by atoms with van der Waals surface area (Å²) in [6.07, 6.45) is -3.84. The summed E-state index contributed by atoms with van der Waals surface area (Å²) >= 11 is 0. The predicted molar refractivity (Wildman–Crippen MR) is 114 cm³/mol. The average Bonchev–Trinajstić information content (AvgIpc) is 2.77. The van der Waals surface area contributed by atoms with Crippen LogP contribution in [0.15, 0.2) is 30.3 Å². The monoisotopic (exact) mass is 461 g/mol. The van der Waals surface area contributed by atoms with Crippen LogP contribution in [0.1, 0.15) is 43.3 Å². The van der Waals surface area contributed by atoms with E-state index in [0.29, 0.717) is 34.0 Å². The molecule has 0 fully saturated rings. The number of carbonyl (C=O) groups is 1. The molecule has 1 aliphatic rings. The minimum Gasteiger partial charge on any atom is -0.485 e. The van der Waals surface area contributed by atoms with Crippen molar-refractivity contribution in [2.45, 2.75) is 39.3 Å². The number of halogens is 3. The summed E-state index contributed by atoms with van der Waals surface area (Å²) in [7, 11) is 0. The van der Waals surface area contributed by atoms with E-state index in [0.717, 1.165) is 6.07 Å². The number of aromatic nitrogens is 2. The van der Waals surface area contributed by atoms with Crippen molar-refractivity contribution in [3.05, 3.63) is 53.1 Å². The summed E-state index contributed by atoms with van der Waals surface area (Å²) in [6.45, 7) is 5.25. The van der Waals surface area contributed by atoms with Crippen molar-refractivity contribution in [1.82, 2.24) is 9.97 Å². The average molecular weight is 461 g/mol. The number of nitrogens with one attached hydrogen (secondary N) is 1. The van der Waals surface area contributed by atoms with Gasteiger partial charge in [-0.2, -0.15) is 0 Å². The van der Waals surface area contributed by atoms with Crippen molar-refractivity contribution in [1.29, 1.82) is 0 Å². The fourth-order valence-electron chi connectivity index (χ4n) is 3.63. The van der Waals surface area contributed by atoms with Crippen LogP contribution >= 0.6 is 0 Å². The smallest absolute Gasteiger partial charge is 0.350 e. The summed E-state index contributed by atoms with van der Waals surface area (Å²) in [5.74, 6) is 0.0204. The van der Waals surface area contributed by atoms with Crippen LogP contribution in [0.25, 0.3) is 10.9 Å². The molecular weight excluding hydrogens is 439 g/mol. The summed E-state index contributed by atoms with van der Waals surface area (Å²) in [4.78, 5) is 20.9. The van der Waals surface area contributed by atoms with Crippen LogP contribution in [0.5, 0.6) is 11.5 Å². The number of anilines is 1. The van der Waals surface area contributed by atoms with Gasteiger partial charge in [0.2, 0.25) is 6.10 Å². The zero-order valence-corrected chi connectivity index (χ0v) is 18.2. The van der Waals surface area contributed by atoms with Crippen molar-refractivity contribution in [3.8, 4) is 11.5 Å². The fraction of sp³-hybridized carbons (Fsp3) is 0.348. The summed E-state index contributed by atoms with van der Waals surface area (Å²) in [5, 5.41) is 3.62. The van der Waals surface area contributed by atoms with Crippen LogP contribution in [-0.4, -0.2) is 35.3 Å². The minimum absolute atomic E-state index is 0.00328. The highest BCUT2D eigenvalue weighted by atomic mass is 19.3. The molecule has 0 spiro atoms. The van der Waals surface area contributed by atoms with Gasteiger partial charge >= 0.3 is 5.97 Å². The Hall–Kier alpha value is -3.56. The van der Waals surface area contributed by atoms with Gasteiger partial charge in [0.1, 0.15) is 24.1 Å². The molecule has 2 aromatic carbocycles. The minimum atomic E-state index is -2.92. The molecule has 1 N–H and O–H groups in total. The maximum absolute atomic E-state index is 14.6. The van der Waals surface area contributed by atoms with Gasteiger partial charge in [-0.25, -0.2) is 27.9 Å². The third-order valence-corrected chi connectivity index (χ3v) is 5.20. The predicted octanol–water partition coefficient (Wildman–Crippen LogP) is 4.89. The van der Waals surface area contributed by atoms with E-state index in [9.17, 15) is 18.0 Å². The van der Waals surface area contributed by atoms with Gasteiger partial charge in [-0.1, -0.05) is 18.2 Å². The zero-order chi connectivity index (χ0) is 23.7. The zero-order valence-electron chi connectivity index (χ0n) is 18.2. The third kappa shape index (κ3) is 4.50. The lowest BCUT2D eigenvalue weighted by Gasteiger charge is -2.26. The van der Waals surface area contributed by atoms with Gasteiger partial charge < -0.3 is 19.5 Å². The Kier molecular flexibility index (Phi) is 6.26. The molecule has 0 radical (unpaired) electrons. The van der Waals surface area contributed by atoms with Gasteiger partial charge in [-0.15, -0.1) is 0 Å². The number of alkyl halides is 2. The SMILES string of the molecule is CCOC(=O)C1COc2cc3nc(C)nc(N[C@H](C)c4cccc(C(F)F)c4F)c3cc2O1. The van der Waals surface area contributed by atoms with E-state index in [-0.39, 0.29) is 18.8 Å². The molecule has 0 saturated carbocycles. The number of carbonyl (C=O) groups excluding carboxylic acids is 1. The Morgan fingerprint density at radius 2 is 2.00 bits per heavy atom. The molecule has 7 nitrogen and oxygen atoms in total. The number of ether oxygens (including phenoxy) is 3. The number of nitrogens with zero attached hydrogens (tertiary/aromatic N) is 2. The van der Waals surface area contributed by atoms with Crippen molar-refractivity contribution < 1.29 is 32.2 Å². The van der Waals surface area contributed by atoms with Crippen LogP contribution in [0, 0.1) is 12.7 Å². The van der Waals surface area contributed by atoms with Crippen LogP contribution in [0.4, 0.5) is 19.0 Å². The molecule has 0 amide bonds. The number of hydrogen-bond acceptors (Lipinski definition) is 7. The summed E-state index contributed by atoms with van der Waals surface area (Å²) < 4.78 is 57.3. The van der Waals surface area contributed by atoms with Gasteiger partial charge in [0.05, 0.1) is 23.7 Å². The van der Waals surface area contributed by atoms with Crippen LogP contribution in [-0.2, 0) is 9.53 Å². The first-order valence-corrected chi connectivity index (χ1v) is 10.4. The first-order chi connectivity index (χ1) is 15.8. The van der Waals surface area contributed by atoms with E-state index in [1.807, 2.05) is 0 Å². The van der Waals surface area contributed by atoms with Gasteiger partial charge in [-0.05, 0) is 26.8 Å². The molecule has 33 heavy (non-hydrogen) atoms. The molecule has 1 aliphatic heterocycles. The summed E-state index contributed by atoms with van der Waals surface area (Å²) in [5.41, 5.74) is -0.0393. The molecule has 3 aromatic rings. The molecule has 2 heterocycles. The maximum atomic E-state index is 14.6. The molecule has 174 valence electrons. The van der Waals surface area contributed by atoms with Crippen molar-refractivity contribution in [2.75, 3.05) is 18.5 Å². The number of aryl methyl sites for hydroxylation is 1. The number of fused-ring (bicyclic) bond motifs is 2. The lowest BCUT2D eigenvalue weighted by atomic mass is 10.0. The van der Waals surface area contributed by atoms with Crippen molar-refractivity contribution in [3.63, 3.8) is 0 Å². The molecule has 0 aliphatic carbocycles. The normalized spacial score (nSPS) is 16.0. The topological polar surface area (TPSA) is 82.6 Å². The second-order valence-electron chi connectivity index (χ2n) is 7.52. The van der Waals surface area contributed by atoms with Crippen LogP contribution in [0.3, 0.4) is 0 Å². The van der Waals surface area contributed by atoms with Crippen molar-refractivity contribution >= 4 is 22.7 Å². The quantitative estimate of drug-likeness (QED) is 0.524. The van der Waals surface area contributed by atoms with E-state index < -0.39 is 35.9 Å².